The molecule has 4 nitrogen and oxygen atoms in total. The second-order valence-electron chi connectivity index (χ2n) is 5.21. The number of rotatable bonds is 5. The van der Waals surface area contributed by atoms with Gasteiger partial charge in [-0.25, -0.2) is 0 Å². The standard InChI is InChI=1S/C11H19BrN4/c1-11(2,6-7-13-8-4-5-8)9-10(12)14-15-16(9)3/h8,13H,4-7H2,1-3H3. The van der Waals surface area contributed by atoms with Crippen LogP contribution in [-0.2, 0) is 12.5 Å². The molecule has 0 bridgehead atoms. The number of hydrogen-bond donors (Lipinski definition) is 1. The van der Waals surface area contributed by atoms with Crippen LogP contribution in [0.4, 0.5) is 0 Å². The van der Waals surface area contributed by atoms with Crippen LogP contribution in [0.15, 0.2) is 4.60 Å². The summed E-state index contributed by atoms with van der Waals surface area (Å²) in [5.41, 5.74) is 1.27. The Balaban J connectivity index is 1.99. The molecule has 1 N–H and O–H groups in total. The predicted molar refractivity (Wildman–Crippen MR) is 67.4 cm³/mol. The lowest BCUT2D eigenvalue weighted by molar-refractivity contribution is 0.423. The molecule has 1 aliphatic carbocycles. The van der Waals surface area contributed by atoms with E-state index in [-0.39, 0.29) is 5.41 Å². The van der Waals surface area contributed by atoms with E-state index in [1.165, 1.54) is 18.5 Å². The Labute approximate surface area is 105 Å². The van der Waals surface area contributed by atoms with Crippen molar-refractivity contribution in [1.29, 1.82) is 0 Å². The molecule has 90 valence electrons. The van der Waals surface area contributed by atoms with Gasteiger partial charge in [0.25, 0.3) is 0 Å². The van der Waals surface area contributed by atoms with E-state index in [9.17, 15) is 0 Å². The topological polar surface area (TPSA) is 42.7 Å². The Hall–Kier alpha value is -0.420. The molecule has 1 aromatic rings. The number of halogens is 1. The lowest BCUT2D eigenvalue weighted by Crippen LogP contribution is -2.28. The van der Waals surface area contributed by atoms with Gasteiger partial charge in [-0.05, 0) is 41.7 Å². The molecule has 16 heavy (non-hydrogen) atoms. The second kappa shape index (κ2) is 4.45. The Morgan fingerprint density at radius 3 is 2.69 bits per heavy atom. The molecule has 5 heteroatoms. The van der Waals surface area contributed by atoms with Crippen LogP contribution in [0.3, 0.4) is 0 Å². The van der Waals surface area contributed by atoms with E-state index in [2.05, 4.69) is 45.4 Å². The van der Waals surface area contributed by atoms with Crippen molar-refractivity contribution in [3.8, 4) is 0 Å². The summed E-state index contributed by atoms with van der Waals surface area (Å²) in [5.74, 6) is 0. The van der Waals surface area contributed by atoms with E-state index in [4.69, 9.17) is 0 Å². The normalized spacial score (nSPS) is 16.8. The Morgan fingerprint density at radius 1 is 1.50 bits per heavy atom. The maximum Gasteiger partial charge on any atom is 0.152 e. The average Bonchev–Trinajstić information content (AvgIpc) is 2.92. The zero-order chi connectivity index (χ0) is 11.8. The number of hydrogen-bond acceptors (Lipinski definition) is 3. The van der Waals surface area contributed by atoms with Crippen LogP contribution in [0.1, 0.15) is 38.8 Å². The Kier molecular flexibility index (Phi) is 3.35. The van der Waals surface area contributed by atoms with Crippen LogP contribution >= 0.6 is 15.9 Å². The number of aryl methyl sites for hydroxylation is 1. The van der Waals surface area contributed by atoms with Gasteiger partial charge in [-0.1, -0.05) is 19.1 Å². The first-order valence-electron chi connectivity index (χ1n) is 5.80. The molecular formula is C11H19BrN4. The molecule has 0 radical (unpaired) electrons. The quantitative estimate of drug-likeness (QED) is 0.900. The van der Waals surface area contributed by atoms with E-state index < -0.39 is 0 Å². The Morgan fingerprint density at radius 2 is 2.19 bits per heavy atom. The lowest BCUT2D eigenvalue weighted by atomic mass is 9.86. The number of nitrogens with zero attached hydrogens (tertiary/aromatic N) is 3. The van der Waals surface area contributed by atoms with Crippen molar-refractivity contribution in [1.82, 2.24) is 20.3 Å². The first-order valence-corrected chi connectivity index (χ1v) is 6.59. The molecule has 0 spiro atoms. The fourth-order valence-electron chi connectivity index (χ4n) is 2.04. The van der Waals surface area contributed by atoms with Crippen molar-refractivity contribution < 1.29 is 0 Å². The maximum atomic E-state index is 4.05. The van der Waals surface area contributed by atoms with Gasteiger partial charge in [0, 0.05) is 18.5 Å². The summed E-state index contributed by atoms with van der Waals surface area (Å²) in [6.45, 7) is 5.55. The number of nitrogens with one attached hydrogen (secondary N) is 1. The van der Waals surface area contributed by atoms with Gasteiger partial charge in [-0.15, -0.1) is 5.10 Å². The summed E-state index contributed by atoms with van der Waals surface area (Å²) in [5, 5.41) is 11.6. The lowest BCUT2D eigenvalue weighted by Gasteiger charge is -2.24. The molecule has 0 atom stereocenters. The molecule has 1 fully saturated rings. The van der Waals surface area contributed by atoms with Crippen LogP contribution in [0.25, 0.3) is 0 Å². The van der Waals surface area contributed by atoms with Crippen molar-refractivity contribution in [2.45, 2.75) is 44.6 Å². The summed E-state index contributed by atoms with van der Waals surface area (Å²) >= 11 is 3.47. The average molecular weight is 287 g/mol. The largest absolute Gasteiger partial charge is 0.314 e. The van der Waals surface area contributed by atoms with Gasteiger partial charge in [0.05, 0.1) is 5.69 Å². The van der Waals surface area contributed by atoms with Crippen LogP contribution in [0, 0.1) is 0 Å². The van der Waals surface area contributed by atoms with Crippen LogP contribution in [-0.4, -0.2) is 27.6 Å². The van der Waals surface area contributed by atoms with Gasteiger partial charge in [-0.3, -0.25) is 4.68 Å². The smallest absolute Gasteiger partial charge is 0.152 e. The van der Waals surface area contributed by atoms with E-state index >= 15 is 0 Å². The van der Waals surface area contributed by atoms with Gasteiger partial charge >= 0.3 is 0 Å². The molecular weight excluding hydrogens is 268 g/mol. The van der Waals surface area contributed by atoms with Crippen LogP contribution < -0.4 is 5.32 Å². The third-order valence-corrected chi connectivity index (χ3v) is 3.72. The van der Waals surface area contributed by atoms with Gasteiger partial charge < -0.3 is 5.32 Å². The zero-order valence-electron chi connectivity index (χ0n) is 10.1. The van der Waals surface area contributed by atoms with E-state index in [1.807, 2.05) is 11.7 Å². The van der Waals surface area contributed by atoms with E-state index in [0.29, 0.717) is 0 Å². The van der Waals surface area contributed by atoms with Crippen molar-refractivity contribution in [2.75, 3.05) is 6.54 Å². The fourth-order valence-corrected chi connectivity index (χ4v) is 2.91. The maximum absolute atomic E-state index is 4.05. The molecule has 2 rings (SSSR count). The van der Waals surface area contributed by atoms with Gasteiger partial charge in [0.15, 0.2) is 4.60 Å². The summed E-state index contributed by atoms with van der Waals surface area (Å²) < 4.78 is 2.73. The van der Waals surface area contributed by atoms with Crippen LogP contribution in [0.5, 0.6) is 0 Å². The SMILES string of the molecule is Cn1nnc(Br)c1C(C)(C)CCNC1CC1. The highest BCUT2D eigenvalue weighted by atomic mass is 79.9. The molecule has 1 aliphatic rings. The molecule has 0 unspecified atom stereocenters. The number of aromatic nitrogens is 3. The molecule has 1 aromatic heterocycles. The minimum atomic E-state index is 0.0962. The van der Waals surface area contributed by atoms with Crippen molar-refractivity contribution in [3.05, 3.63) is 10.3 Å². The highest BCUT2D eigenvalue weighted by Crippen LogP contribution is 2.31. The molecule has 1 saturated carbocycles. The van der Waals surface area contributed by atoms with Crippen molar-refractivity contribution in [2.24, 2.45) is 7.05 Å². The zero-order valence-corrected chi connectivity index (χ0v) is 11.7. The van der Waals surface area contributed by atoms with Crippen molar-refractivity contribution >= 4 is 15.9 Å². The van der Waals surface area contributed by atoms with Gasteiger partial charge in [0.2, 0.25) is 0 Å². The van der Waals surface area contributed by atoms with Crippen LogP contribution in [0.2, 0.25) is 0 Å². The summed E-state index contributed by atoms with van der Waals surface area (Å²) in [6.07, 6.45) is 3.79. The second-order valence-corrected chi connectivity index (χ2v) is 5.97. The molecule has 0 aromatic carbocycles. The monoisotopic (exact) mass is 286 g/mol. The first kappa shape index (κ1) is 12.0. The molecule has 0 aliphatic heterocycles. The predicted octanol–water partition coefficient (Wildman–Crippen LogP) is 2.00. The first-order chi connectivity index (χ1) is 7.50. The third-order valence-electron chi connectivity index (χ3n) is 3.19. The summed E-state index contributed by atoms with van der Waals surface area (Å²) in [4.78, 5) is 0. The van der Waals surface area contributed by atoms with E-state index in [0.717, 1.165) is 23.6 Å². The van der Waals surface area contributed by atoms with Crippen molar-refractivity contribution in [3.63, 3.8) is 0 Å². The fraction of sp³-hybridized carbons (Fsp3) is 0.818. The molecule has 0 amide bonds. The summed E-state index contributed by atoms with van der Waals surface area (Å²) in [6, 6.07) is 0.781. The Bertz CT molecular complexity index is 349. The van der Waals surface area contributed by atoms with Gasteiger partial charge in [0.1, 0.15) is 0 Å². The third kappa shape index (κ3) is 2.63. The highest BCUT2D eigenvalue weighted by molar-refractivity contribution is 9.10. The summed E-state index contributed by atoms with van der Waals surface area (Å²) in [7, 11) is 1.95. The molecule has 1 heterocycles. The minimum Gasteiger partial charge on any atom is -0.314 e. The van der Waals surface area contributed by atoms with Gasteiger partial charge in [-0.2, -0.15) is 0 Å². The van der Waals surface area contributed by atoms with E-state index in [1.54, 1.807) is 0 Å². The minimum absolute atomic E-state index is 0.0962. The highest BCUT2D eigenvalue weighted by Gasteiger charge is 2.28. The molecule has 0 saturated heterocycles.